The number of nitro groups is 1. The molecule has 3 rings (SSSR count). The maximum atomic E-state index is 11.6. The zero-order valence-corrected chi connectivity index (χ0v) is 13.3. The Morgan fingerprint density at radius 1 is 1.28 bits per heavy atom. The monoisotopic (exact) mass is 359 g/mol. The van der Waals surface area contributed by atoms with E-state index < -0.39 is 10.8 Å². The Balaban J connectivity index is 1.74. The van der Waals surface area contributed by atoms with E-state index in [4.69, 9.17) is 20.4 Å². The number of rotatable bonds is 5. The van der Waals surface area contributed by atoms with Crippen LogP contribution in [-0.2, 0) is 0 Å². The largest absolute Gasteiger partial charge is 0.459 e. The summed E-state index contributed by atoms with van der Waals surface area (Å²) in [6, 6.07) is 10.3. The number of halogens is 1. The highest BCUT2D eigenvalue weighted by Crippen LogP contribution is 2.32. The molecule has 1 N–H and O–H groups in total. The predicted octanol–water partition coefficient (Wildman–Crippen LogP) is 3.87. The van der Waals surface area contributed by atoms with Crippen molar-refractivity contribution in [3.8, 4) is 11.3 Å². The van der Waals surface area contributed by atoms with Gasteiger partial charge in [0.1, 0.15) is 11.5 Å². The Labute approximate surface area is 145 Å². The first-order valence-corrected chi connectivity index (χ1v) is 7.33. The molecule has 0 unspecified atom stereocenters. The first kappa shape index (κ1) is 16.5. The lowest BCUT2D eigenvalue weighted by atomic mass is 10.1. The molecule has 0 fully saturated rings. The van der Waals surface area contributed by atoms with Crippen molar-refractivity contribution in [1.29, 1.82) is 0 Å². The van der Waals surface area contributed by atoms with Gasteiger partial charge in [0.05, 0.1) is 22.4 Å². The number of non-ortho nitro benzene ring substituents is 1. The van der Waals surface area contributed by atoms with Crippen molar-refractivity contribution >= 4 is 29.4 Å². The number of nitrogens with one attached hydrogen (secondary N) is 1. The molecule has 0 spiro atoms. The number of hydrazone groups is 1. The van der Waals surface area contributed by atoms with Crippen molar-refractivity contribution in [2.75, 3.05) is 0 Å². The van der Waals surface area contributed by atoms with Crippen LogP contribution >= 0.6 is 11.6 Å². The van der Waals surface area contributed by atoms with Gasteiger partial charge in [-0.15, -0.1) is 0 Å². The molecule has 1 aromatic carbocycles. The Kier molecular flexibility index (Phi) is 4.62. The van der Waals surface area contributed by atoms with Crippen LogP contribution in [0.25, 0.3) is 11.3 Å². The van der Waals surface area contributed by atoms with E-state index in [0.29, 0.717) is 22.1 Å². The zero-order valence-electron chi connectivity index (χ0n) is 12.5. The van der Waals surface area contributed by atoms with Gasteiger partial charge >= 0.3 is 5.91 Å². The fourth-order valence-electron chi connectivity index (χ4n) is 2.00. The minimum atomic E-state index is -0.519. The SMILES string of the molecule is O=C(N/N=C/c1ccc(-c2cc([N+](=O)[O-])ccc2Cl)o1)c1ccco1. The minimum absolute atomic E-state index is 0.100. The molecule has 0 aliphatic heterocycles. The average molecular weight is 360 g/mol. The number of amides is 1. The maximum Gasteiger partial charge on any atom is 0.307 e. The van der Waals surface area contributed by atoms with Gasteiger partial charge in [-0.2, -0.15) is 5.10 Å². The third-order valence-electron chi connectivity index (χ3n) is 3.16. The molecule has 3 aromatic rings. The number of carbonyl (C=O) groups is 1. The summed E-state index contributed by atoms with van der Waals surface area (Å²) < 4.78 is 10.5. The van der Waals surface area contributed by atoms with Gasteiger partial charge in [0.15, 0.2) is 5.76 Å². The third-order valence-corrected chi connectivity index (χ3v) is 3.49. The van der Waals surface area contributed by atoms with Gasteiger partial charge in [-0.05, 0) is 30.3 Å². The van der Waals surface area contributed by atoms with E-state index in [1.165, 1.54) is 36.7 Å². The van der Waals surface area contributed by atoms with E-state index in [-0.39, 0.29) is 11.4 Å². The number of furan rings is 2. The normalized spacial score (nSPS) is 10.9. The number of hydrogen-bond donors (Lipinski definition) is 1. The molecule has 0 aliphatic rings. The van der Waals surface area contributed by atoms with Crippen LogP contribution in [0.5, 0.6) is 0 Å². The molecule has 0 saturated carbocycles. The lowest BCUT2D eigenvalue weighted by Crippen LogP contribution is -2.16. The molecule has 2 aromatic heterocycles. The second-order valence-corrected chi connectivity index (χ2v) is 5.21. The molecule has 0 saturated heterocycles. The van der Waals surface area contributed by atoms with Crippen molar-refractivity contribution in [2.45, 2.75) is 0 Å². The molecule has 0 atom stereocenters. The molecule has 0 radical (unpaired) electrons. The first-order valence-electron chi connectivity index (χ1n) is 6.95. The highest BCUT2D eigenvalue weighted by molar-refractivity contribution is 6.33. The van der Waals surface area contributed by atoms with Crippen molar-refractivity contribution in [3.05, 3.63) is 75.4 Å². The number of hydrogen-bond acceptors (Lipinski definition) is 6. The quantitative estimate of drug-likeness (QED) is 0.422. The Morgan fingerprint density at radius 3 is 2.84 bits per heavy atom. The van der Waals surface area contributed by atoms with Crippen molar-refractivity contribution < 1.29 is 18.6 Å². The molecule has 2 heterocycles. The van der Waals surface area contributed by atoms with Gasteiger partial charge in [0, 0.05) is 17.7 Å². The smallest absolute Gasteiger partial charge is 0.307 e. The molecule has 25 heavy (non-hydrogen) atoms. The van der Waals surface area contributed by atoms with E-state index in [1.54, 1.807) is 18.2 Å². The van der Waals surface area contributed by atoms with Crippen LogP contribution in [0.4, 0.5) is 5.69 Å². The van der Waals surface area contributed by atoms with Crippen LogP contribution in [0.15, 0.2) is 62.7 Å². The van der Waals surface area contributed by atoms with Crippen molar-refractivity contribution in [3.63, 3.8) is 0 Å². The molecule has 9 heteroatoms. The number of nitrogens with zero attached hydrogens (tertiary/aromatic N) is 2. The van der Waals surface area contributed by atoms with Crippen molar-refractivity contribution in [2.24, 2.45) is 5.10 Å². The summed E-state index contributed by atoms with van der Waals surface area (Å²) in [4.78, 5) is 22.0. The highest BCUT2D eigenvalue weighted by Gasteiger charge is 2.14. The number of benzene rings is 1. The molecule has 0 aliphatic carbocycles. The molecule has 1 amide bonds. The number of carbonyl (C=O) groups excluding carboxylic acids is 1. The molecule has 0 bridgehead atoms. The fourth-order valence-corrected chi connectivity index (χ4v) is 2.21. The molecular formula is C16H10ClN3O5. The number of nitro benzene ring substituents is 1. The average Bonchev–Trinajstić information content (AvgIpc) is 3.27. The van der Waals surface area contributed by atoms with Gasteiger partial charge in [0.2, 0.25) is 0 Å². The Morgan fingerprint density at radius 2 is 2.12 bits per heavy atom. The summed E-state index contributed by atoms with van der Waals surface area (Å²) in [5, 5.41) is 14.9. The first-order chi connectivity index (χ1) is 12.0. The van der Waals surface area contributed by atoms with Crippen molar-refractivity contribution in [1.82, 2.24) is 5.43 Å². The highest BCUT2D eigenvalue weighted by atomic mass is 35.5. The van der Waals surface area contributed by atoms with Crippen LogP contribution in [0.3, 0.4) is 0 Å². The van der Waals surface area contributed by atoms with Crippen LogP contribution < -0.4 is 5.43 Å². The second-order valence-electron chi connectivity index (χ2n) is 4.80. The predicted molar refractivity (Wildman–Crippen MR) is 89.6 cm³/mol. The second kappa shape index (κ2) is 7.02. The van der Waals surface area contributed by atoms with E-state index in [0.717, 1.165) is 0 Å². The Hall–Kier alpha value is -3.39. The Bertz CT molecular complexity index is 947. The lowest BCUT2D eigenvalue weighted by Gasteiger charge is -2.00. The lowest BCUT2D eigenvalue weighted by molar-refractivity contribution is -0.384. The van der Waals surface area contributed by atoms with E-state index in [2.05, 4.69) is 10.5 Å². The van der Waals surface area contributed by atoms with Gasteiger partial charge in [-0.25, -0.2) is 5.43 Å². The molecular weight excluding hydrogens is 350 g/mol. The fraction of sp³-hybridized carbons (Fsp3) is 0. The summed E-state index contributed by atoms with van der Waals surface area (Å²) in [6.07, 6.45) is 2.66. The summed E-state index contributed by atoms with van der Waals surface area (Å²) in [5.74, 6) is 0.292. The standard InChI is InChI=1S/C16H10ClN3O5/c17-13-5-3-10(20(22)23)8-12(13)14-6-4-11(25-14)9-18-19-16(21)15-2-1-7-24-15/h1-9H,(H,19,21)/b18-9+. The van der Waals surface area contributed by atoms with Gasteiger partial charge < -0.3 is 8.83 Å². The van der Waals surface area contributed by atoms with Gasteiger partial charge in [-0.3, -0.25) is 14.9 Å². The summed E-state index contributed by atoms with van der Waals surface area (Å²) in [6.45, 7) is 0. The van der Waals surface area contributed by atoms with Crippen LogP contribution in [0.1, 0.15) is 16.3 Å². The van der Waals surface area contributed by atoms with Crippen LogP contribution in [-0.4, -0.2) is 17.0 Å². The van der Waals surface area contributed by atoms with Gasteiger partial charge in [-0.1, -0.05) is 11.6 Å². The van der Waals surface area contributed by atoms with E-state index in [9.17, 15) is 14.9 Å². The van der Waals surface area contributed by atoms with Crippen LogP contribution in [0, 0.1) is 10.1 Å². The van der Waals surface area contributed by atoms with E-state index >= 15 is 0 Å². The third kappa shape index (κ3) is 3.75. The molecule has 8 nitrogen and oxygen atoms in total. The minimum Gasteiger partial charge on any atom is -0.459 e. The molecule has 126 valence electrons. The summed E-state index contributed by atoms with van der Waals surface area (Å²) in [7, 11) is 0. The maximum absolute atomic E-state index is 11.6. The summed E-state index contributed by atoms with van der Waals surface area (Å²) in [5.41, 5.74) is 2.56. The summed E-state index contributed by atoms with van der Waals surface area (Å²) >= 11 is 6.06. The topological polar surface area (TPSA) is 111 Å². The van der Waals surface area contributed by atoms with Crippen LogP contribution in [0.2, 0.25) is 5.02 Å². The van der Waals surface area contributed by atoms with Gasteiger partial charge in [0.25, 0.3) is 5.69 Å². The van der Waals surface area contributed by atoms with E-state index in [1.807, 2.05) is 0 Å². The zero-order chi connectivity index (χ0) is 17.8.